The molecule has 2 aromatic rings. The van der Waals surface area contributed by atoms with Crippen LogP contribution < -0.4 is 4.74 Å². The van der Waals surface area contributed by atoms with Crippen LogP contribution in [-0.4, -0.2) is 23.2 Å². The Morgan fingerprint density at radius 3 is 2.48 bits per heavy atom. The second kappa shape index (κ2) is 7.52. The summed E-state index contributed by atoms with van der Waals surface area (Å²) in [6.07, 6.45) is 1.69. The third-order valence-corrected chi connectivity index (χ3v) is 5.13. The van der Waals surface area contributed by atoms with Crippen molar-refractivity contribution in [3.8, 4) is 5.75 Å². The Labute approximate surface area is 159 Å². The largest absolute Gasteiger partial charge is 0.497 e. The van der Waals surface area contributed by atoms with Gasteiger partial charge in [0.1, 0.15) is 5.75 Å². The summed E-state index contributed by atoms with van der Waals surface area (Å²) in [6, 6.07) is 12.2. The van der Waals surface area contributed by atoms with Crippen LogP contribution in [-0.2, 0) is 11.3 Å². The average molecular weight is 394 g/mol. The number of nitrogens with zero attached hydrogens (tertiary/aromatic N) is 1. The van der Waals surface area contributed by atoms with Crippen molar-refractivity contribution in [1.82, 2.24) is 4.90 Å². The highest BCUT2D eigenvalue weighted by Gasteiger charge is 2.35. The second-order valence-corrected chi connectivity index (χ2v) is 7.11. The molecule has 0 aromatic heterocycles. The Morgan fingerprint density at radius 1 is 1.12 bits per heavy atom. The number of hydrogen-bond acceptors (Lipinski definition) is 4. The molecule has 0 radical (unpaired) electrons. The number of rotatable bonds is 4. The molecule has 4 nitrogen and oxygen atoms in total. The lowest BCUT2D eigenvalue weighted by Gasteiger charge is -2.13. The number of ether oxygens (including phenoxy) is 1. The van der Waals surface area contributed by atoms with E-state index in [0.717, 1.165) is 23.1 Å². The molecule has 0 saturated carbocycles. The molecule has 128 valence electrons. The van der Waals surface area contributed by atoms with Crippen LogP contribution in [0.5, 0.6) is 5.75 Å². The summed E-state index contributed by atoms with van der Waals surface area (Å²) in [5.41, 5.74) is 1.48. The third-order valence-electron chi connectivity index (χ3n) is 3.63. The lowest BCUT2D eigenvalue weighted by molar-refractivity contribution is -0.123. The van der Waals surface area contributed by atoms with Crippen molar-refractivity contribution >= 4 is 52.2 Å². The van der Waals surface area contributed by atoms with E-state index in [1.807, 2.05) is 12.1 Å². The van der Waals surface area contributed by atoms with E-state index in [4.69, 9.17) is 27.9 Å². The van der Waals surface area contributed by atoms with Crippen molar-refractivity contribution in [2.75, 3.05) is 7.11 Å². The van der Waals surface area contributed by atoms with Crippen LogP contribution in [0.2, 0.25) is 10.0 Å². The summed E-state index contributed by atoms with van der Waals surface area (Å²) in [6.45, 7) is 0.112. The maximum atomic E-state index is 12.5. The zero-order valence-corrected chi connectivity index (χ0v) is 15.5. The summed E-state index contributed by atoms with van der Waals surface area (Å²) in [4.78, 5) is 26.3. The quantitative estimate of drug-likeness (QED) is 0.666. The van der Waals surface area contributed by atoms with E-state index in [1.54, 1.807) is 43.5 Å². The molecule has 0 N–H and O–H groups in total. The van der Waals surface area contributed by atoms with Gasteiger partial charge < -0.3 is 4.74 Å². The Balaban J connectivity index is 1.80. The molecule has 2 amide bonds. The van der Waals surface area contributed by atoms with Crippen LogP contribution in [0.25, 0.3) is 6.08 Å². The van der Waals surface area contributed by atoms with E-state index in [1.165, 1.54) is 4.90 Å². The molecule has 0 bridgehead atoms. The van der Waals surface area contributed by atoms with Gasteiger partial charge >= 0.3 is 0 Å². The highest BCUT2D eigenvalue weighted by molar-refractivity contribution is 8.18. The van der Waals surface area contributed by atoms with E-state index in [-0.39, 0.29) is 17.7 Å². The first kappa shape index (κ1) is 17.9. The average Bonchev–Trinajstić information content (AvgIpc) is 2.85. The molecule has 0 unspecified atom stereocenters. The summed E-state index contributed by atoms with van der Waals surface area (Å²) < 4.78 is 5.10. The van der Waals surface area contributed by atoms with E-state index in [0.29, 0.717) is 20.5 Å². The highest BCUT2D eigenvalue weighted by Crippen LogP contribution is 2.34. The van der Waals surface area contributed by atoms with Gasteiger partial charge in [0.25, 0.3) is 11.1 Å². The molecule has 25 heavy (non-hydrogen) atoms. The predicted molar refractivity (Wildman–Crippen MR) is 101 cm³/mol. The number of carbonyl (C=O) groups excluding carboxylic acids is 2. The molecule has 1 heterocycles. The van der Waals surface area contributed by atoms with Gasteiger partial charge in [-0.1, -0.05) is 41.4 Å². The number of thioether (sulfide) groups is 1. The molecule has 0 atom stereocenters. The molecule has 1 saturated heterocycles. The lowest BCUT2D eigenvalue weighted by atomic mass is 10.2. The van der Waals surface area contributed by atoms with E-state index in [2.05, 4.69) is 0 Å². The van der Waals surface area contributed by atoms with Gasteiger partial charge in [-0.15, -0.1) is 0 Å². The molecule has 0 aliphatic carbocycles. The Bertz CT molecular complexity index is 865. The maximum absolute atomic E-state index is 12.5. The first-order valence-electron chi connectivity index (χ1n) is 7.31. The van der Waals surface area contributed by atoms with Crippen molar-refractivity contribution in [3.63, 3.8) is 0 Å². The second-order valence-electron chi connectivity index (χ2n) is 5.28. The van der Waals surface area contributed by atoms with Gasteiger partial charge in [0.2, 0.25) is 0 Å². The van der Waals surface area contributed by atoms with Gasteiger partial charge in [-0.3, -0.25) is 14.5 Å². The monoisotopic (exact) mass is 393 g/mol. The Kier molecular flexibility index (Phi) is 5.37. The van der Waals surface area contributed by atoms with Crippen LogP contribution in [0.1, 0.15) is 11.1 Å². The van der Waals surface area contributed by atoms with Gasteiger partial charge in [0.15, 0.2) is 0 Å². The van der Waals surface area contributed by atoms with Crippen LogP contribution in [0.4, 0.5) is 4.79 Å². The number of benzene rings is 2. The number of carbonyl (C=O) groups is 2. The van der Waals surface area contributed by atoms with Gasteiger partial charge in [-0.25, -0.2) is 0 Å². The van der Waals surface area contributed by atoms with E-state index in [9.17, 15) is 9.59 Å². The third kappa shape index (κ3) is 4.00. The van der Waals surface area contributed by atoms with Crippen LogP contribution in [0.3, 0.4) is 0 Å². The van der Waals surface area contributed by atoms with Crippen LogP contribution in [0, 0.1) is 0 Å². The summed E-state index contributed by atoms with van der Waals surface area (Å²) >= 11 is 12.9. The number of methoxy groups -OCH3 is 1. The lowest BCUT2D eigenvalue weighted by Crippen LogP contribution is -2.27. The number of hydrogen-bond donors (Lipinski definition) is 0. The fraction of sp³-hybridized carbons (Fsp3) is 0.111. The van der Waals surface area contributed by atoms with Crippen molar-refractivity contribution in [2.45, 2.75) is 6.54 Å². The Morgan fingerprint density at radius 2 is 1.84 bits per heavy atom. The smallest absolute Gasteiger partial charge is 0.293 e. The van der Waals surface area contributed by atoms with Gasteiger partial charge in [-0.2, -0.15) is 0 Å². The van der Waals surface area contributed by atoms with Gasteiger partial charge in [0.05, 0.1) is 18.6 Å². The molecule has 1 aliphatic rings. The maximum Gasteiger partial charge on any atom is 0.293 e. The first-order chi connectivity index (χ1) is 12.0. The van der Waals surface area contributed by atoms with Crippen molar-refractivity contribution in [1.29, 1.82) is 0 Å². The summed E-state index contributed by atoms with van der Waals surface area (Å²) in [5.74, 6) is 0.388. The first-order valence-corrected chi connectivity index (χ1v) is 8.88. The standard InChI is InChI=1S/C18H13Cl2NO3S/c1-24-14-6-2-11(3-7-14)8-16-17(22)21(18(23)25-16)10-12-4-5-13(19)9-15(12)20/h2-9H,10H2,1H3/b16-8-. The van der Waals surface area contributed by atoms with E-state index < -0.39 is 0 Å². The SMILES string of the molecule is COc1ccc(/C=C2\SC(=O)N(Cc3ccc(Cl)cc3Cl)C2=O)cc1. The van der Waals surface area contributed by atoms with Crippen molar-refractivity contribution < 1.29 is 14.3 Å². The number of imide groups is 1. The predicted octanol–water partition coefficient (Wildman–Crippen LogP) is 5.24. The fourth-order valence-corrected chi connectivity index (χ4v) is 3.61. The molecule has 7 heteroatoms. The zero-order chi connectivity index (χ0) is 18.0. The molecular weight excluding hydrogens is 381 g/mol. The molecule has 3 rings (SSSR count). The fourth-order valence-electron chi connectivity index (χ4n) is 2.31. The normalized spacial score (nSPS) is 16.0. The van der Waals surface area contributed by atoms with E-state index >= 15 is 0 Å². The minimum Gasteiger partial charge on any atom is -0.497 e. The summed E-state index contributed by atoms with van der Waals surface area (Å²) in [5, 5.41) is 0.601. The van der Waals surface area contributed by atoms with Crippen molar-refractivity contribution in [2.24, 2.45) is 0 Å². The molecule has 0 spiro atoms. The minimum atomic E-state index is -0.336. The van der Waals surface area contributed by atoms with Crippen LogP contribution >= 0.6 is 35.0 Å². The summed E-state index contributed by atoms with van der Waals surface area (Å²) in [7, 11) is 1.59. The molecule has 1 fully saturated rings. The topological polar surface area (TPSA) is 46.6 Å². The molecule has 2 aromatic carbocycles. The number of halogens is 2. The number of amides is 2. The van der Waals surface area contributed by atoms with Crippen LogP contribution in [0.15, 0.2) is 47.4 Å². The Hall–Kier alpha value is -1.95. The highest BCUT2D eigenvalue weighted by atomic mass is 35.5. The minimum absolute atomic E-state index is 0.112. The van der Waals surface area contributed by atoms with Gasteiger partial charge in [-0.05, 0) is 53.2 Å². The molecule has 1 aliphatic heterocycles. The zero-order valence-electron chi connectivity index (χ0n) is 13.2. The van der Waals surface area contributed by atoms with Gasteiger partial charge in [0, 0.05) is 10.0 Å². The molecular formula is C18H13Cl2NO3S. The van der Waals surface area contributed by atoms with Crippen molar-refractivity contribution in [3.05, 3.63) is 68.5 Å².